The van der Waals surface area contributed by atoms with Gasteiger partial charge in [0.1, 0.15) is 0 Å². The third-order valence-corrected chi connectivity index (χ3v) is 5.67. The van der Waals surface area contributed by atoms with Gasteiger partial charge in [0.2, 0.25) is 0 Å². The van der Waals surface area contributed by atoms with E-state index in [1.54, 1.807) is 17.1 Å². The number of alkyl halides is 3. The molecule has 0 spiro atoms. The Balaban J connectivity index is 2.04. The van der Waals surface area contributed by atoms with Crippen LogP contribution in [0.4, 0.5) is 18.9 Å². The number of nitrogens with zero attached hydrogens (tertiary/aromatic N) is 2. The number of hydrogen-bond donors (Lipinski definition) is 1. The predicted molar refractivity (Wildman–Crippen MR) is 111 cm³/mol. The lowest BCUT2D eigenvalue weighted by Gasteiger charge is -2.13. The summed E-state index contributed by atoms with van der Waals surface area (Å²) in [7, 11) is -3.58. The summed E-state index contributed by atoms with van der Waals surface area (Å²) in [6, 6.07) is 8.28. The minimum Gasteiger partial charge on any atom is -0.321 e. The molecule has 1 heterocycles. The molecule has 0 aliphatic carbocycles. The Bertz CT molecular complexity index is 1230. The minimum absolute atomic E-state index is 0.0353. The van der Waals surface area contributed by atoms with Gasteiger partial charge in [-0.25, -0.2) is 8.42 Å². The lowest BCUT2D eigenvalue weighted by atomic mass is 10.1. The zero-order valence-electron chi connectivity index (χ0n) is 16.9. The molecule has 1 N–H and O–H groups in total. The van der Waals surface area contributed by atoms with Crippen LogP contribution in [0.15, 0.2) is 59.8 Å². The Morgan fingerprint density at radius 3 is 2.42 bits per heavy atom. The first-order valence-corrected chi connectivity index (χ1v) is 11.1. The van der Waals surface area contributed by atoms with Crippen LogP contribution in [0.3, 0.4) is 0 Å². The lowest BCUT2D eigenvalue weighted by Crippen LogP contribution is -2.15. The van der Waals surface area contributed by atoms with Crippen LogP contribution in [-0.4, -0.2) is 30.4 Å². The number of nitrogens with one attached hydrogen (secondary N) is 1. The second-order valence-electron chi connectivity index (χ2n) is 7.32. The van der Waals surface area contributed by atoms with E-state index < -0.39 is 27.5 Å². The van der Waals surface area contributed by atoms with Gasteiger partial charge >= 0.3 is 6.18 Å². The Hall–Kier alpha value is -3.14. The number of halogens is 3. The summed E-state index contributed by atoms with van der Waals surface area (Å²) in [5, 5.41) is 6.79. The highest BCUT2D eigenvalue weighted by Crippen LogP contribution is 2.32. The molecule has 164 valence electrons. The molecule has 3 rings (SSSR count). The zero-order chi connectivity index (χ0) is 23.0. The molecule has 0 radical (unpaired) electrons. The third-order valence-electron chi connectivity index (χ3n) is 4.56. The van der Waals surface area contributed by atoms with E-state index in [4.69, 9.17) is 0 Å². The van der Waals surface area contributed by atoms with Crippen molar-refractivity contribution in [3.05, 3.63) is 66.0 Å². The highest BCUT2D eigenvalue weighted by atomic mass is 32.2. The fourth-order valence-electron chi connectivity index (χ4n) is 2.90. The summed E-state index contributed by atoms with van der Waals surface area (Å²) in [5.74, 6) is -0.797. The van der Waals surface area contributed by atoms with Crippen molar-refractivity contribution in [3.63, 3.8) is 0 Å². The molecule has 6 nitrogen and oxygen atoms in total. The van der Waals surface area contributed by atoms with Gasteiger partial charge in [0.25, 0.3) is 5.91 Å². The molecule has 1 aromatic heterocycles. The van der Waals surface area contributed by atoms with Crippen LogP contribution in [0.25, 0.3) is 11.1 Å². The molecule has 0 aliphatic rings. The molecule has 10 heteroatoms. The number of rotatable bonds is 5. The average Bonchev–Trinajstić information content (AvgIpc) is 3.17. The molecule has 0 fully saturated rings. The van der Waals surface area contributed by atoms with Crippen molar-refractivity contribution in [3.8, 4) is 11.1 Å². The fourth-order valence-corrected chi connectivity index (χ4v) is 3.55. The molecule has 0 atom stereocenters. The predicted octanol–water partition coefficient (Wildman–Crippen LogP) is 4.81. The molecule has 0 unspecified atom stereocenters. The number of amides is 1. The van der Waals surface area contributed by atoms with Gasteiger partial charge in [0.05, 0.1) is 22.3 Å². The first-order chi connectivity index (χ1) is 14.4. The van der Waals surface area contributed by atoms with Crippen LogP contribution in [0.1, 0.15) is 35.8 Å². The number of benzene rings is 2. The van der Waals surface area contributed by atoms with Gasteiger partial charge in [-0.1, -0.05) is 12.1 Å². The number of anilines is 1. The minimum atomic E-state index is -4.59. The molecular formula is C21H20F3N3O3S. The number of carbonyl (C=O) groups is 1. The molecule has 0 saturated carbocycles. The quantitative estimate of drug-likeness (QED) is 0.604. The van der Waals surface area contributed by atoms with E-state index >= 15 is 0 Å². The Morgan fingerprint density at radius 2 is 1.84 bits per heavy atom. The SMILES string of the molecule is CC(C)n1cc(-c2ccc(S(C)(=O)=O)cc2NC(=O)c2cccc(C(F)(F)F)c2)cn1. The standard InChI is InChI=1S/C21H20F3N3O3S/c1-13(2)27-12-15(11-25-27)18-8-7-17(31(3,29)30)10-19(18)26-20(28)14-5-4-6-16(9-14)21(22,23)24/h4-13H,1-3H3,(H,26,28). The van der Waals surface area contributed by atoms with E-state index in [2.05, 4.69) is 10.4 Å². The fraction of sp³-hybridized carbons (Fsp3) is 0.238. The number of hydrogen-bond acceptors (Lipinski definition) is 4. The summed E-state index contributed by atoms with van der Waals surface area (Å²) in [5.41, 5.74) is 0.0910. The molecule has 2 aromatic carbocycles. The summed E-state index contributed by atoms with van der Waals surface area (Å²) >= 11 is 0. The maximum absolute atomic E-state index is 13.0. The van der Waals surface area contributed by atoms with Crippen molar-refractivity contribution in [2.45, 2.75) is 31.0 Å². The van der Waals surface area contributed by atoms with Gasteiger partial charge in [-0.3, -0.25) is 9.48 Å². The van der Waals surface area contributed by atoms with E-state index in [9.17, 15) is 26.4 Å². The first-order valence-electron chi connectivity index (χ1n) is 9.23. The summed E-state index contributed by atoms with van der Waals surface area (Å²) in [6.07, 6.45) is -0.268. The summed E-state index contributed by atoms with van der Waals surface area (Å²) < 4.78 is 64.6. The van der Waals surface area contributed by atoms with Crippen molar-refractivity contribution in [2.75, 3.05) is 11.6 Å². The Labute approximate surface area is 177 Å². The number of sulfone groups is 1. The molecular weight excluding hydrogens is 431 g/mol. The molecule has 1 amide bonds. The van der Waals surface area contributed by atoms with Crippen molar-refractivity contribution >= 4 is 21.4 Å². The highest BCUT2D eigenvalue weighted by molar-refractivity contribution is 7.90. The molecule has 0 saturated heterocycles. The maximum atomic E-state index is 13.0. The third kappa shape index (κ3) is 5.13. The van der Waals surface area contributed by atoms with Crippen LogP contribution in [0.2, 0.25) is 0 Å². The van der Waals surface area contributed by atoms with E-state index in [-0.39, 0.29) is 22.2 Å². The monoisotopic (exact) mass is 451 g/mol. The first kappa shape index (κ1) is 22.5. The van der Waals surface area contributed by atoms with Crippen LogP contribution in [-0.2, 0) is 16.0 Å². The average molecular weight is 451 g/mol. The normalized spacial score (nSPS) is 12.2. The zero-order valence-corrected chi connectivity index (χ0v) is 17.8. The van der Waals surface area contributed by atoms with Crippen molar-refractivity contribution < 1.29 is 26.4 Å². The number of aromatic nitrogens is 2. The second-order valence-corrected chi connectivity index (χ2v) is 9.33. The van der Waals surface area contributed by atoms with Gasteiger partial charge in [-0.15, -0.1) is 0 Å². The van der Waals surface area contributed by atoms with Gasteiger partial charge in [-0.05, 0) is 44.2 Å². The topological polar surface area (TPSA) is 81.1 Å². The van der Waals surface area contributed by atoms with Gasteiger partial charge < -0.3 is 5.32 Å². The van der Waals surface area contributed by atoms with Crippen molar-refractivity contribution in [1.29, 1.82) is 0 Å². The van der Waals surface area contributed by atoms with Crippen LogP contribution in [0, 0.1) is 0 Å². The Morgan fingerprint density at radius 1 is 1.13 bits per heavy atom. The lowest BCUT2D eigenvalue weighted by molar-refractivity contribution is -0.137. The largest absolute Gasteiger partial charge is 0.416 e. The highest BCUT2D eigenvalue weighted by Gasteiger charge is 2.31. The van der Waals surface area contributed by atoms with E-state index in [1.807, 2.05) is 13.8 Å². The smallest absolute Gasteiger partial charge is 0.321 e. The van der Waals surface area contributed by atoms with Gasteiger partial charge in [0.15, 0.2) is 9.84 Å². The van der Waals surface area contributed by atoms with Crippen LogP contribution < -0.4 is 5.32 Å². The second kappa shape index (κ2) is 8.18. The van der Waals surface area contributed by atoms with Crippen molar-refractivity contribution in [2.24, 2.45) is 0 Å². The number of carbonyl (C=O) groups excluding carboxylic acids is 1. The van der Waals surface area contributed by atoms with Gasteiger partial charge in [-0.2, -0.15) is 18.3 Å². The van der Waals surface area contributed by atoms with Crippen LogP contribution in [0.5, 0.6) is 0 Å². The molecule has 3 aromatic rings. The van der Waals surface area contributed by atoms with E-state index in [0.717, 1.165) is 24.5 Å². The summed E-state index contributed by atoms with van der Waals surface area (Å²) in [4.78, 5) is 12.7. The summed E-state index contributed by atoms with van der Waals surface area (Å²) in [6.45, 7) is 3.86. The molecule has 0 aliphatic heterocycles. The Kier molecular flexibility index (Phi) is 5.95. The van der Waals surface area contributed by atoms with Gasteiger partial charge in [0, 0.05) is 35.2 Å². The maximum Gasteiger partial charge on any atom is 0.416 e. The molecule has 0 bridgehead atoms. The van der Waals surface area contributed by atoms with Crippen molar-refractivity contribution in [1.82, 2.24) is 9.78 Å². The van der Waals surface area contributed by atoms with Crippen LogP contribution >= 0.6 is 0 Å². The molecule has 31 heavy (non-hydrogen) atoms. The van der Waals surface area contributed by atoms with E-state index in [1.165, 1.54) is 24.3 Å². The van der Waals surface area contributed by atoms with E-state index in [0.29, 0.717) is 11.1 Å².